The van der Waals surface area contributed by atoms with Crippen LogP contribution in [0.1, 0.15) is 17.2 Å². The first-order valence-electron chi connectivity index (χ1n) is 4.61. The Kier molecular flexibility index (Phi) is 3.14. The van der Waals surface area contributed by atoms with Crippen LogP contribution in [0.15, 0.2) is 53.3 Å². The molecule has 0 radical (unpaired) electrons. The molecule has 3 heteroatoms. The maximum absolute atomic E-state index is 10.1. The lowest BCUT2D eigenvalue weighted by molar-refractivity contribution is 0.220. The van der Waals surface area contributed by atoms with E-state index in [0.29, 0.717) is 0 Å². The molecule has 0 aliphatic carbocycles. The molecule has 0 bridgehead atoms. The molecule has 0 spiro atoms. The van der Waals surface area contributed by atoms with Gasteiger partial charge in [-0.2, -0.15) is 0 Å². The van der Waals surface area contributed by atoms with E-state index in [4.69, 9.17) is 0 Å². The van der Waals surface area contributed by atoms with E-state index >= 15 is 0 Å². The van der Waals surface area contributed by atoms with Gasteiger partial charge in [0.05, 0.1) is 0 Å². The van der Waals surface area contributed by atoms with Gasteiger partial charge in [0.2, 0.25) is 0 Å². The Morgan fingerprint density at radius 2 is 1.80 bits per heavy atom. The van der Waals surface area contributed by atoms with Crippen molar-refractivity contribution in [3.05, 3.63) is 64.4 Å². The number of aliphatic hydroxyl groups is 1. The minimum atomic E-state index is -0.615. The molecule has 0 aliphatic heterocycles. The van der Waals surface area contributed by atoms with Crippen molar-refractivity contribution < 1.29 is 5.11 Å². The van der Waals surface area contributed by atoms with E-state index in [1.807, 2.05) is 36.4 Å². The number of rotatable bonds is 2. The highest BCUT2D eigenvalue weighted by atomic mass is 79.9. The van der Waals surface area contributed by atoms with Crippen LogP contribution in [-0.4, -0.2) is 10.1 Å². The first-order valence-corrected chi connectivity index (χ1v) is 5.40. The van der Waals surface area contributed by atoms with Gasteiger partial charge < -0.3 is 5.11 Å². The summed E-state index contributed by atoms with van der Waals surface area (Å²) in [6, 6.07) is 11.4. The van der Waals surface area contributed by atoms with Crippen molar-refractivity contribution in [1.29, 1.82) is 0 Å². The number of aromatic nitrogens is 1. The summed E-state index contributed by atoms with van der Waals surface area (Å²) in [7, 11) is 0. The van der Waals surface area contributed by atoms with Crippen molar-refractivity contribution in [2.24, 2.45) is 0 Å². The number of nitrogens with zero attached hydrogens (tertiary/aromatic N) is 1. The van der Waals surface area contributed by atoms with Crippen LogP contribution in [-0.2, 0) is 0 Å². The van der Waals surface area contributed by atoms with Crippen LogP contribution in [0.25, 0.3) is 0 Å². The second-order valence-electron chi connectivity index (χ2n) is 3.25. The molecule has 1 heterocycles. The van der Waals surface area contributed by atoms with Gasteiger partial charge in [-0.05, 0) is 27.6 Å². The predicted molar refractivity (Wildman–Crippen MR) is 62.4 cm³/mol. The molecule has 0 saturated carbocycles. The van der Waals surface area contributed by atoms with Crippen LogP contribution in [0.3, 0.4) is 0 Å². The molecule has 1 atom stereocenters. The second-order valence-corrected chi connectivity index (χ2v) is 4.17. The fourth-order valence-electron chi connectivity index (χ4n) is 1.41. The minimum absolute atomic E-state index is 0.615. The normalized spacial score (nSPS) is 12.4. The summed E-state index contributed by atoms with van der Waals surface area (Å²) in [5.74, 6) is 0. The van der Waals surface area contributed by atoms with E-state index in [0.717, 1.165) is 15.6 Å². The third-order valence-electron chi connectivity index (χ3n) is 2.16. The Bertz CT molecular complexity index is 444. The van der Waals surface area contributed by atoms with E-state index in [-0.39, 0.29) is 0 Å². The summed E-state index contributed by atoms with van der Waals surface area (Å²) in [4.78, 5) is 4.02. The first-order chi connectivity index (χ1) is 7.27. The molecule has 15 heavy (non-hydrogen) atoms. The van der Waals surface area contributed by atoms with Gasteiger partial charge in [-0.25, -0.2) is 0 Å². The van der Waals surface area contributed by atoms with Gasteiger partial charge in [-0.1, -0.05) is 30.3 Å². The third-order valence-corrected chi connectivity index (χ3v) is 2.59. The van der Waals surface area contributed by atoms with Crippen LogP contribution in [0, 0.1) is 0 Å². The number of aliphatic hydroxyl groups excluding tert-OH is 1. The predicted octanol–water partition coefficient (Wildman–Crippen LogP) is 2.93. The maximum Gasteiger partial charge on any atom is 0.106 e. The smallest absolute Gasteiger partial charge is 0.106 e. The minimum Gasteiger partial charge on any atom is -0.384 e. The van der Waals surface area contributed by atoms with Gasteiger partial charge in [-0.3, -0.25) is 4.98 Å². The van der Waals surface area contributed by atoms with E-state index in [9.17, 15) is 5.11 Å². The van der Waals surface area contributed by atoms with Crippen molar-refractivity contribution >= 4 is 15.9 Å². The van der Waals surface area contributed by atoms with Gasteiger partial charge in [0.25, 0.3) is 0 Å². The zero-order chi connectivity index (χ0) is 10.7. The molecule has 0 amide bonds. The fourth-order valence-corrected chi connectivity index (χ4v) is 1.79. The Morgan fingerprint density at radius 3 is 2.47 bits per heavy atom. The Balaban J connectivity index is 2.32. The van der Waals surface area contributed by atoms with Crippen molar-refractivity contribution in [3.63, 3.8) is 0 Å². The highest BCUT2D eigenvalue weighted by Gasteiger charge is 2.09. The van der Waals surface area contributed by atoms with Crippen LogP contribution in [0.5, 0.6) is 0 Å². The zero-order valence-electron chi connectivity index (χ0n) is 7.97. The molecule has 2 rings (SSSR count). The van der Waals surface area contributed by atoms with Crippen molar-refractivity contribution in [2.45, 2.75) is 6.10 Å². The van der Waals surface area contributed by atoms with E-state index in [1.54, 1.807) is 12.4 Å². The fraction of sp³-hybridized carbons (Fsp3) is 0.0833. The van der Waals surface area contributed by atoms with E-state index < -0.39 is 6.10 Å². The molecule has 1 aromatic heterocycles. The van der Waals surface area contributed by atoms with E-state index in [1.165, 1.54) is 0 Å². The highest BCUT2D eigenvalue weighted by Crippen LogP contribution is 2.22. The van der Waals surface area contributed by atoms with Crippen molar-refractivity contribution in [1.82, 2.24) is 4.98 Å². The zero-order valence-corrected chi connectivity index (χ0v) is 9.55. The number of hydrogen-bond donors (Lipinski definition) is 1. The lowest BCUT2D eigenvalue weighted by Crippen LogP contribution is -1.99. The molecule has 76 valence electrons. The SMILES string of the molecule is OC(c1ccccc1)c1cncc(Br)c1. The largest absolute Gasteiger partial charge is 0.384 e. The monoisotopic (exact) mass is 263 g/mol. The number of halogens is 1. The lowest BCUT2D eigenvalue weighted by Gasteiger charge is -2.10. The summed E-state index contributed by atoms with van der Waals surface area (Å²) in [5.41, 5.74) is 1.66. The standard InChI is InChI=1S/C12H10BrNO/c13-11-6-10(7-14-8-11)12(15)9-4-2-1-3-5-9/h1-8,12,15H. The van der Waals surface area contributed by atoms with E-state index in [2.05, 4.69) is 20.9 Å². The maximum atomic E-state index is 10.1. The summed E-state index contributed by atoms with van der Waals surface area (Å²) < 4.78 is 0.870. The molecule has 1 unspecified atom stereocenters. The summed E-state index contributed by atoms with van der Waals surface area (Å²) in [5, 5.41) is 10.1. The summed E-state index contributed by atoms with van der Waals surface area (Å²) >= 11 is 3.33. The molecule has 1 N–H and O–H groups in total. The van der Waals surface area contributed by atoms with Crippen LogP contribution < -0.4 is 0 Å². The van der Waals surface area contributed by atoms with Crippen molar-refractivity contribution in [3.8, 4) is 0 Å². The highest BCUT2D eigenvalue weighted by molar-refractivity contribution is 9.10. The average Bonchev–Trinajstić information content (AvgIpc) is 2.29. The molecule has 0 aliphatic rings. The molecule has 0 fully saturated rings. The topological polar surface area (TPSA) is 33.1 Å². The molecular weight excluding hydrogens is 254 g/mol. The quantitative estimate of drug-likeness (QED) is 0.904. The Labute approximate surface area is 96.7 Å². The van der Waals surface area contributed by atoms with Gasteiger partial charge >= 0.3 is 0 Å². The second kappa shape index (κ2) is 4.55. The summed E-state index contributed by atoms with van der Waals surface area (Å²) in [6.45, 7) is 0. The third kappa shape index (κ3) is 2.43. The number of benzene rings is 1. The van der Waals surface area contributed by atoms with Gasteiger partial charge in [0.1, 0.15) is 6.10 Å². The molecular formula is C12H10BrNO. The Hall–Kier alpha value is -1.19. The van der Waals surface area contributed by atoms with Crippen LogP contribution in [0.2, 0.25) is 0 Å². The lowest BCUT2D eigenvalue weighted by atomic mass is 10.0. The molecule has 1 aromatic carbocycles. The molecule has 2 aromatic rings. The number of hydrogen-bond acceptors (Lipinski definition) is 2. The van der Waals surface area contributed by atoms with Crippen LogP contribution >= 0.6 is 15.9 Å². The Morgan fingerprint density at radius 1 is 1.07 bits per heavy atom. The van der Waals surface area contributed by atoms with Crippen molar-refractivity contribution in [2.75, 3.05) is 0 Å². The first kappa shape index (κ1) is 10.3. The molecule has 2 nitrogen and oxygen atoms in total. The van der Waals surface area contributed by atoms with Gasteiger partial charge in [0, 0.05) is 22.4 Å². The number of pyridine rings is 1. The molecule has 0 saturated heterocycles. The van der Waals surface area contributed by atoms with Gasteiger partial charge in [-0.15, -0.1) is 0 Å². The van der Waals surface area contributed by atoms with Crippen LogP contribution in [0.4, 0.5) is 0 Å². The summed E-state index contributed by atoms with van der Waals surface area (Å²) in [6.07, 6.45) is 2.75. The van der Waals surface area contributed by atoms with Gasteiger partial charge in [0.15, 0.2) is 0 Å². The average molecular weight is 264 g/mol.